The maximum atomic E-state index is 14.8. The molecular weight excluding hydrogens is 522 g/mol. The summed E-state index contributed by atoms with van der Waals surface area (Å²) in [5.41, 5.74) is 2.49. The number of nitrogens with zero attached hydrogens (tertiary/aromatic N) is 4. The number of fused-ring (bicyclic) bond motifs is 2. The lowest BCUT2D eigenvalue weighted by atomic mass is 9.65. The van der Waals surface area contributed by atoms with Crippen LogP contribution in [0.25, 0.3) is 11.8 Å². The van der Waals surface area contributed by atoms with Crippen LogP contribution in [-0.2, 0) is 16.4 Å². The number of Topliss-reactive ketones (excluding diaryl/α,β-unsaturated/α-hetero) is 1. The fourth-order valence-corrected chi connectivity index (χ4v) is 7.05. The molecule has 1 saturated heterocycles. The molecule has 3 heterocycles. The largest absolute Gasteiger partial charge is 0.291 e. The number of rotatable bonds is 5. The first-order valence-corrected chi connectivity index (χ1v) is 13.9. The summed E-state index contributed by atoms with van der Waals surface area (Å²) in [5, 5.41) is 4.50. The highest BCUT2D eigenvalue weighted by atomic mass is 32.2. The van der Waals surface area contributed by atoms with Gasteiger partial charge in [0.05, 0.1) is 23.0 Å². The first-order valence-electron chi connectivity index (χ1n) is 12.5. The lowest BCUT2D eigenvalue weighted by Gasteiger charge is -2.44. The van der Waals surface area contributed by atoms with Crippen LogP contribution >= 0.6 is 0 Å². The second-order valence-corrected chi connectivity index (χ2v) is 11.8. The zero-order chi connectivity index (χ0) is 27.4. The van der Waals surface area contributed by atoms with Crippen molar-refractivity contribution in [3.8, 4) is 5.69 Å². The molecule has 1 atom stereocenters. The average Bonchev–Trinajstić information content (AvgIpc) is 3.34. The molecule has 0 N–H and O–H groups in total. The SMILES string of the molecule is Cc1ccc(S(=O)(=O)N2CCC3=Cc4c(cnn4-c4ccc(F)cc4)CC3(C(=O)c3ccccn3)C2)c(F)c1. The monoisotopic (exact) mass is 546 g/mol. The molecule has 0 saturated carbocycles. The molecule has 6 rings (SSSR count). The molecule has 0 amide bonds. The fourth-order valence-electron chi connectivity index (χ4n) is 5.51. The molecule has 0 bridgehead atoms. The van der Waals surface area contributed by atoms with E-state index in [-0.39, 0.29) is 43.2 Å². The number of pyridine rings is 1. The van der Waals surface area contributed by atoms with Gasteiger partial charge >= 0.3 is 0 Å². The number of carbonyl (C=O) groups excluding carboxylic acids is 1. The molecule has 1 aliphatic carbocycles. The highest BCUT2D eigenvalue weighted by molar-refractivity contribution is 7.89. The van der Waals surface area contributed by atoms with Crippen LogP contribution in [0, 0.1) is 24.0 Å². The van der Waals surface area contributed by atoms with E-state index in [4.69, 9.17) is 0 Å². The Morgan fingerprint density at radius 1 is 1.05 bits per heavy atom. The van der Waals surface area contributed by atoms with Gasteiger partial charge in [-0.05, 0) is 85.5 Å². The summed E-state index contributed by atoms with van der Waals surface area (Å²) < 4.78 is 58.5. The van der Waals surface area contributed by atoms with E-state index >= 15 is 0 Å². The van der Waals surface area contributed by atoms with E-state index in [1.165, 1.54) is 34.8 Å². The van der Waals surface area contributed by atoms with Gasteiger partial charge in [0.2, 0.25) is 10.0 Å². The molecule has 2 aromatic carbocycles. The standard InChI is InChI=1S/C29H24F2N4O3S/c1-19-5-10-27(24(31)14-19)39(37,38)34-13-11-21-15-26-20(17-33-35(26)23-8-6-22(30)7-9-23)16-29(21,18-34)28(36)25-4-2-3-12-32-25/h2-10,12,14-15,17H,11,13,16,18H2,1H3. The summed E-state index contributed by atoms with van der Waals surface area (Å²) >= 11 is 0. The Morgan fingerprint density at radius 3 is 2.56 bits per heavy atom. The van der Waals surface area contributed by atoms with Crippen molar-refractivity contribution in [2.75, 3.05) is 13.1 Å². The van der Waals surface area contributed by atoms with Gasteiger partial charge in [-0.15, -0.1) is 0 Å². The molecule has 198 valence electrons. The summed E-state index contributed by atoms with van der Waals surface area (Å²) in [4.78, 5) is 18.0. The molecule has 39 heavy (non-hydrogen) atoms. The van der Waals surface area contributed by atoms with E-state index in [9.17, 15) is 22.0 Å². The highest BCUT2D eigenvalue weighted by Crippen LogP contribution is 2.47. The molecule has 2 aromatic heterocycles. The Hall–Kier alpha value is -4.02. The van der Waals surface area contributed by atoms with Crippen molar-refractivity contribution < 1.29 is 22.0 Å². The lowest BCUT2D eigenvalue weighted by molar-refractivity contribution is 0.0770. The smallest absolute Gasteiger partial charge is 0.246 e. The van der Waals surface area contributed by atoms with Gasteiger partial charge in [0.15, 0.2) is 5.78 Å². The van der Waals surface area contributed by atoms with E-state index in [0.29, 0.717) is 11.3 Å². The Morgan fingerprint density at radius 2 is 1.85 bits per heavy atom. The van der Waals surface area contributed by atoms with E-state index in [0.717, 1.165) is 16.8 Å². The molecule has 1 aliphatic heterocycles. The van der Waals surface area contributed by atoms with Gasteiger partial charge in [0, 0.05) is 19.3 Å². The van der Waals surface area contributed by atoms with Crippen LogP contribution < -0.4 is 0 Å². The van der Waals surface area contributed by atoms with Crippen LogP contribution in [0.2, 0.25) is 0 Å². The molecule has 0 spiro atoms. The van der Waals surface area contributed by atoms with Gasteiger partial charge < -0.3 is 0 Å². The third-order valence-electron chi connectivity index (χ3n) is 7.49. The molecule has 7 nitrogen and oxygen atoms in total. The molecule has 0 radical (unpaired) electrons. The number of carbonyl (C=O) groups is 1. The second kappa shape index (κ2) is 9.32. The number of ketones is 1. The van der Waals surface area contributed by atoms with Gasteiger partial charge in [-0.1, -0.05) is 17.7 Å². The minimum absolute atomic E-state index is 0.0821. The highest BCUT2D eigenvalue weighted by Gasteiger charge is 2.51. The first kappa shape index (κ1) is 25.3. The summed E-state index contributed by atoms with van der Waals surface area (Å²) in [6.45, 7) is 1.60. The topological polar surface area (TPSA) is 85.2 Å². The van der Waals surface area contributed by atoms with Crippen molar-refractivity contribution >= 4 is 21.9 Å². The van der Waals surface area contributed by atoms with Gasteiger partial charge in [0.25, 0.3) is 0 Å². The summed E-state index contributed by atoms with van der Waals surface area (Å²) in [7, 11) is -4.23. The zero-order valence-electron chi connectivity index (χ0n) is 21.0. The van der Waals surface area contributed by atoms with Crippen LogP contribution in [0.3, 0.4) is 0 Å². The van der Waals surface area contributed by atoms with Crippen molar-refractivity contribution in [2.45, 2.75) is 24.7 Å². The minimum Gasteiger partial charge on any atom is -0.291 e. The van der Waals surface area contributed by atoms with E-state index < -0.39 is 26.2 Å². The quantitative estimate of drug-likeness (QED) is 0.337. The normalized spacial score (nSPS) is 19.2. The van der Waals surface area contributed by atoms with Crippen LogP contribution in [-0.4, -0.2) is 46.4 Å². The molecule has 2 aliphatic rings. The maximum absolute atomic E-state index is 14.8. The van der Waals surface area contributed by atoms with Gasteiger partial charge in [-0.3, -0.25) is 9.78 Å². The van der Waals surface area contributed by atoms with Crippen molar-refractivity contribution in [3.05, 3.63) is 113 Å². The Balaban J connectivity index is 1.45. The number of benzene rings is 2. The van der Waals surface area contributed by atoms with Crippen LogP contribution in [0.4, 0.5) is 8.78 Å². The van der Waals surface area contributed by atoms with Gasteiger partial charge in [0.1, 0.15) is 22.2 Å². The minimum atomic E-state index is -4.23. The Kier molecular flexibility index (Phi) is 6.04. The van der Waals surface area contributed by atoms with Gasteiger partial charge in [-0.25, -0.2) is 21.9 Å². The Labute approximate surface area is 224 Å². The number of hydrogen-bond acceptors (Lipinski definition) is 5. The van der Waals surface area contributed by atoms with E-state index in [2.05, 4.69) is 10.1 Å². The number of halogens is 2. The van der Waals surface area contributed by atoms with Crippen molar-refractivity contribution in [2.24, 2.45) is 5.41 Å². The molecular formula is C29H24F2N4O3S. The fraction of sp³-hybridized carbons (Fsp3) is 0.207. The van der Waals surface area contributed by atoms with E-state index in [1.54, 1.807) is 54.2 Å². The summed E-state index contributed by atoms with van der Waals surface area (Å²) in [6, 6.07) is 15.0. The van der Waals surface area contributed by atoms with Gasteiger partial charge in [-0.2, -0.15) is 9.40 Å². The number of aromatic nitrogens is 3. The number of aryl methyl sites for hydroxylation is 1. The maximum Gasteiger partial charge on any atom is 0.246 e. The second-order valence-electron chi connectivity index (χ2n) is 9.94. The van der Waals surface area contributed by atoms with E-state index in [1.807, 2.05) is 6.08 Å². The molecule has 1 fully saturated rings. The van der Waals surface area contributed by atoms with Crippen molar-refractivity contribution in [3.63, 3.8) is 0 Å². The summed E-state index contributed by atoms with van der Waals surface area (Å²) in [6.07, 6.45) is 5.50. The number of hydrogen-bond donors (Lipinski definition) is 0. The van der Waals surface area contributed by atoms with Crippen LogP contribution in [0.1, 0.15) is 33.7 Å². The van der Waals surface area contributed by atoms with Crippen LogP contribution in [0.5, 0.6) is 0 Å². The first-order chi connectivity index (χ1) is 18.7. The lowest BCUT2D eigenvalue weighted by Crippen LogP contribution is -2.53. The third-order valence-corrected chi connectivity index (χ3v) is 9.37. The summed E-state index contributed by atoms with van der Waals surface area (Å²) in [5.74, 6) is -1.50. The predicted octanol–water partition coefficient (Wildman–Crippen LogP) is 4.76. The zero-order valence-corrected chi connectivity index (χ0v) is 21.8. The molecule has 10 heteroatoms. The third kappa shape index (κ3) is 4.20. The van der Waals surface area contributed by atoms with Crippen molar-refractivity contribution in [1.82, 2.24) is 19.1 Å². The number of sulfonamides is 1. The average molecular weight is 547 g/mol. The molecule has 1 unspecified atom stereocenters. The number of piperidine rings is 1. The van der Waals surface area contributed by atoms with Crippen LogP contribution in [0.15, 0.2) is 83.5 Å². The Bertz CT molecular complexity index is 1730. The molecule has 4 aromatic rings. The predicted molar refractivity (Wildman–Crippen MR) is 141 cm³/mol. The van der Waals surface area contributed by atoms with Crippen molar-refractivity contribution in [1.29, 1.82) is 0 Å².